The number of nitriles is 1. The Hall–Kier alpha value is -1.57. The molecule has 0 spiro atoms. The number of methoxy groups -OCH3 is 1. The fourth-order valence-electron chi connectivity index (χ4n) is 2.15. The zero-order chi connectivity index (χ0) is 15.0. The molecule has 1 aromatic rings. The summed E-state index contributed by atoms with van der Waals surface area (Å²) in [5.74, 6) is 0. The lowest BCUT2D eigenvalue weighted by Gasteiger charge is -2.29. The van der Waals surface area contributed by atoms with Crippen LogP contribution >= 0.6 is 0 Å². The van der Waals surface area contributed by atoms with E-state index in [9.17, 15) is 5.26 Å². The number of hydrogen-bond donors (Lipinski definition) is 1. The lowest BCUT2D eigenvalue weighted by molar-refractivity contribution is 0.204. The van der Waals surface area contributed by atoms with E-state index in [0.717, 1.165) is 36.4 Å². The normalized spacial score (nSPS) is 10.6. The summed E-state index contributed by atoms with van der Waals surface area (Å²) >= 11 is 0. The van der Waals surface area contributed by atoms with Gasteiger partial charge >= 0.3 is 0 Å². The second kappa shape index (κ2) is 8.57. The van der Waals surface area contributed by atoms with Crippen molar-refractivity contribution in [1.29, 1.82) is 5.26 Å². The van der Waals surface area contributed by atoms with Crippen molar-refractivity contribution in [2.24, 2.45) is 0 Å². The van der Waals surface area contributed by atoms with E-state index in [1.165, 1.54) is 0 Å². The number of benzene rings is 1. The number of hydrogen-bond acceptors (Lipinski definition) is 4. The molecule has 1 rings (SSSR count). The van der Waals surface area contributed by atoms with Crippen LogP contribution < -0.4 is 10.2 Å². The molecule has 0 aliphatic carbocycles. The maximum absolute atomic E-state index is 9.40. The molecule has 110 valence electrons. The van der Waals surface area contributed by atoms with Crippen LogP contribution in [0.5, 0.6) is 0 Å². The lowest BCUT2D eigenvalue weighted by atomic mass is 10.1. The highest BCUT2D eigenvalue weighted by Crippen LogP contribution is 2.23. The molecule has 20 heavy (non-hydrogen) atoms. The second-order valence-electron chi connectivity index (χ2n) is 5.02. The Morgan fingerprint density at radius 1 is 1.40 bits per heavy atom. The second-order valence-corrected chi connectivity index (χ2v) is 5.02. The van der Waals surface area contributed by atoms with Gasteiger partial charge in [0.25, 0.3) is 0 Å². The van der Waals surface area contributed by atoms with Crippen molar-refractivity contribution < 1.29 is 4.74 Å². The maximum Gasteiger partial charge on any atom is 0.101 e. The summed E-state index contributed by atoms with van der Waals surface area (Å²) < 4.78 is 5.16. The molecule has 0 unspecified atom stereocenters. The van der Waals surface area contributed by atoms with Gasteiger partial charge in [0.05, 0.1) is 17.9 Å². The maximum atomic E-state index is 9.40. The van der Waals surface area contributed by atoms with Gasteiger partial charge in [-0.1, -0.05) is 13.0 Å². The molecule has 4 heteroatoms. The molecule has 1 aromatic carbocycles. The summed E-state index contributed by atoms with van der Waals surface area (Å²) in [6, 6.07) is 8.74. The van der Waals surface area contributed by atoms with Crippen molar-refractivity contribution in [1.82, 2.24) is 5.32 Å². The number of anilines is 1. The van der Waals surface area contributed by atoms with Gasteiger partial charge in [-0.2, -0.15) is 5.26 Å². The molecule has 4 nitrogen and oxygen atoms in total. The summed E-state index contributed by atoms with van der Waals surface area (Å²) in [5.41, 5.74) is 2.85. The molecule has 0 heterocycles. The topological polar surface area (TPSA) is 48.3 Å². The van der Waals surface area contributed by atoms with E-state index in [1.807, 2.05) is 12.1 Å². The third kappa shape index (κ3) is 4.52. The quantitative estimate of drug-likeness (QED) is 0.792. The van der Waals surface area contributed by atoms with Crippen LogP contribution in [0.3, 0.4) is 0 Å². The van der Waals surface area contributed by atoms with Gasteiger partial charge < -0.3 is 15.0 Å². The molecule has 0 saturated heterocycles. The zero-order valence-corrected chi connectivity index (χ0v) is 12.9. The lowest BCUT2D eigenvalue weighted by Crippen LogP contribution is -2.34. The van der Waals surface area contributed by atoms with Gasteiger partial charge in [0.15, 0.2) is 0 Å². The van der Waals surface area contributed by atoms with E-state index in [4.69, 9.17) is 4.74 Å². The van der Waals surface area contributed by atoms with Crippen LogP contribution in [0.2, 0.25) is 0 Å². The molecule has 0 aliphatic heterocycles. The highest BCUT2D eigenvalue weighted by atomic mass is 16.5. The van der Waals surface area contributed by atoms with E-state index in [0.29, 0.717) is 12.6 Å². The van der Waals surface area contributed by atoms with Crippen molar-refractivity contribution in [3.63, 3.8) is 0 Å². The average Bonchev–Trinajstić information content (AvgIpc) is 2.45. The molecular weight excluding hydrogens is 250 g/mol. The van der Waals surface area contributed by atoms with Gasteiger partial charge in [-0.15, -0.1) is 0 Å². The van der Waals surface area contributed by atoms with E-state index in [1.54, 1.807) is 7.11 Å². The first-order valence-corrected chi connectivity index (χ1v) is 7.13. The van der Waals surface area contributed by atoms with Crippen molar-refractivity contribution in [3.8, 4) is 6.07 Å². The monoisotopic (exact) mass is 275 g/mol. The first-order chi connectivity index (χ1) is 9.63. The van der Waals surface area contributed by atoms with Gasteiger partial charge in [-0.25, -0.2) is 0 Å². The molecule has 0 fully saturated rings. The predicted molar refractivity (Wildman–Crippen MR) is 82.9 cm³/mol. The summed E-state index contributed by atoms with van der Waals surface area (Å²) in [6.07, 6.45) is 0. The zero-order valence-electron chi connectivity index (χ0n) is 12.9. The van der Waals surface area contributed by atoms with Crippen LogP contribution in [-0.4, -0.2) is 32.8 Å². The molecule has 0 amide bonds. The molecule has 0 radical (unpaired) electrons. The highest BCUT2D eigenvalue weighted by Gasteiger charge is 2.14. The minimum atomic E-state index is 0.330. The molecule has 0 bridgehead atoms. The predicted octanol–water partition coefficient (Wildman–Crippen LogP) is 2.53. The number of nitrogens with one attached hydrogen (secondary N) is 1. The molecule has 0 saturated carbocycles. The Balaban J connectivity index is 3.00. The van der Waals surface area contributed by atoms with Crippen LogP contribution in [-0.2, 0) is 11.3 Å². The minimum absolute atomic E-state index is 0.330. The first kappa shape index (κ1) is 16.5. The molecular formula is C16H25N3O. The van der Waals surface area contributed by atoms with Crippen molar-refractivity contribution in [3.05, 3.63) is 29.3 Å². The Morgan fingerprint density at radius 3 is 2.70 bits per heavy atom. The van der Waals surface area contributed by atoms with Crippen molar-refractivity contribution >= 4 is 5.69 Å². The first-order valence-electron chi connectivity index (χ1n) is 7.13. The molecule has 0 aromatic heterocycles. The standard InChI is InChI=1S/C16H25N3O/c1-5-18-12-14-6-7-16(15(10-14)11-17)19(13(2)3)8-9-20-4/h6-7,10,13,18H,5,8-9,12H2,1-4H3. The van der Waals surface area contributed by atoms with Crippen molar-refractivity contribution in [2.75, 3.05) is 31.7 Å². The van der Waals surface area contributed by atoms with Crippen LogP contribution in [0.4, 0.5) is 5.69 Å². The largest absolute Gasteiger partial charge is 0.383 e. The Labute approximate surface area is 122 Å². The van der Waals surface area contributed by atoms with E-state index in [-0.39, 0.29) is 0 Å². The van der Waals surface area contributed by atoms with Gasteiger partial charge in [-0.3, -0.25) is 0 Å². The van der Waals surface area contributed by atoms with Crippen LogP contribution in [0, 0.1) is 11.3 Å². The molecule has 0 aliphatic rings. The summed E-state index contributed by atoms with van der Waals surface area (Å²) in [6.45, 7) is 9.50. The SMILES string of the molecule is CCNCc1ccc(N(CCOC)C(C)C)c(C#N)c1. The smallest absolute Gasteiger partial charge is 0.101 e. The van der Waals surface area contributed by atoms with E-state index < -0.39 is 0 Å². The van der Waals surface area contributed by atoms with Crippen LogP contribution in [0.25, 0.3) is 0 Å². The van der Waals surface area contributed by atoms with Gasteiger partial charge in [0.1, 0.15) is 6.07 Å². The van der Waals surface area contributed by atoms with Crippen LogP contribution in [0.15, 0.2) is 18.2 Å². The third-order valence-corrected chi connectivity index (χ3v) is 3.23. The number of ether oxygens (including phenoxy) is 1. The van der Waals surface area contributed by atoms with Crippen LogP contribution in [0.1, 0.15) is 31.9 Å². The van der Waals surface area contributed by atoms with Gasteiger partial charge in [0.2, 0.25) is 0 Å². The highest BCUT2D eigenvalue weighted by molar-refractivity contribution is 5.61. The Kier molecular flexibility index (Phi) is 7.06. The number of nitrogens with zero attached hydrogens (tertiary/aromatic N) is 2. The summed E-state index contributed by atoms with van der Waals surface area (Å²) in [5, 5.41) is 12.7. The Morgan fingerprint density at radius 2 is 2.15 bits per heavy atom. The fraction of sp³-hybridized carbons (Fsp3) is 0.562. The van der Waals surface area contributed by atoms with Crippen molar-refractivity contribution in [2.45, 2.75) is 33.4 Å². The third-order valence-electron chi connectivity index (χ3n) is 3.23. The summed E-state index contributed by atoms with van der Waals surface area (Å²) in [7, 11) is 1.70. The summed E-state index contributed by atoms with van der Waals surface area (Å²) in [4.78, 5) is 2.21. The Bertz CT molecular complexity index is 452. The van der Waals surface area contributed by atoms with Gasteiger partial charge in [-0.05, 0) is 38.1 Å². The minimum Gasteiger partial charge on any atom is -0.383 e. The van der Waals surface area contributed by atoms with E-state index >= 15 is 0 Å². The molecule has 1 N–H and O–H groups in total. The molecule has 0 atom stereocenters. The van der Waals surface area contributed by atoms with E-state index in [2.05, 4.69) is 43.1 Å². The van der Waals surface area contributed by atoms with Gasteiger partial charge in [0, 0.05) is 26.2 Å². The number of rotatable bonds is 8. The fourth-order valence-corrected chi connectivity index (χ4v) is 2.15. The average molecular weight is 275 g/mol.